The molecule has 1 aliphatic heterocycles. The fourth-order valence-electron chi connectivity index (χ4n) is 3.04. The molecule has 3 rings (SSSR count). The summed E-state index contributed by atoms with van der Waals surface area (Å²) in [6.07, 6.45) is 3.37. The van der Waals surface area contributed by atoms with E-state index in [9.17, 15) is 0 Å². The van der Waals surface area contributed by atoms with Gasteiger partial charge in [0.05, 0.1) is 0 Å². The molecular weight excluding hydrogens is 246 g/mol. The molecule has 1 heterocycles. The summed E-state index contributed by atoms with van der Waals surface area (Å²) in [7, 11) is 0. The van der Waals surface area contributed by atoms with Crippen molar-refractivity contribution >= 4 is 10.8 Å². The summed E-state index contributed by atoms with van der Waals surface area (Å²) in [4.78, 5) is 0. The molecule has 1 aliphatic rings. The first-order chi connectivity index (χ1) is 9.81. The van der Waals surface area contributed by atoms with Crippen molar-refractivity contribution in [1.82, 2.24) is 5.32 Å². The second-order valence-electron chi connectivity index (χ2n) is 5.84. The smallest absolute Gasteiger partial charge is 0.0480 e. The van der Waals surface area contributed by atoms with Crippen molar-refractivity contribution in [3.05, 3.63) is 48.0 Å². The fraction of sp³-hybridized carbons (Fsp3) is 0.444. The number of nitrogens with one attached hydrogen (secondary N) is 1. The first kappa shape index (κ1) is 13.6. The lowest BCUT2D eigenvalue weighted by molar-refractivity contribution is 0.0755. The number of ether oxygens (including phenoxy) is 1. The molecule has 106 valence electrons. The van der Waals surface area contributed by atoms with Gasteiger partial charge in [0.15, 0.2) is 0 Å². The van der Waals surface area contributed by atoms with Crippen molar-refractivity contribution in [3.63, 3.8) is 0 Å². The molecule has 2 heteroatoms. The van der Waals surface area contributed by atoms with E-state index in [0.29, 0.717) is 12.1 Å². The molecule has 0 saturated carbocycles. The van der Waals surface area contributed by atoms with Gasteiger partial charge in [-0.15, -0.1) is 0 Å². The summed E-state index contributed by atoms with van der Waals surface area (Å²) in [6, 6.07) is 16.5. The predicted molar refractivity (Wildman–Crippen MR) is 84.1 cm³/mol. The minimum absolute atomic E-state index is 0.513. The van der Waals surface area contributed by atoms with Crippen molar-refractivity contribution in [1.29, 1.82) is 0 Å². The first-order valence-electron chi connectivity index (χ1n) is 7.63. The first-order valence-corrected chi connectivity index (χ1v) is 7.63. The van der Waals surface area contributed by atoms with Gasteiger partial charge in [-0.3, -0.25) is 0 Å². The van der Waals surface area contributed by atoms with Crippen LogP contribution in [0, 0.1) is 0 Å². The molecule has 2 aromatic rings. The van der Waals surface area contributed by atoms with Gasteiger partial charge in [0.2, 0.25) is 0 Å². The van der Waals surface area contributed by atoms with Gasteiger partial charge in [0.25, 0.3) is 0 Å². The lowest BCUT2D eigenvalue weighted by atomic mass is 10.0. The molecule has 0 aromatic heterocycles. The lowest BCUT2D eigenvalue weighted by Gasteiger charge is -2.26. The number of rotatable bonds is 4. The minimum atomic E-state index is 0.513. The summed E-state index contributed by atoms with van der Waals surface area (Å²) >= 11 is 0. The average Bonchev–Trinajstić information content (AvgIpc) is 2.48. The largest absolute Gasteiger partial charge is 0.381 e. The van der Waals surface area contributed by atoms with Gasteiger partial charge in [-0.05, 0) is 42.5 Å². The van der Waals surface area contributed by atoms with E-state index >= 15 is 0 Å². The molecular formula is C18H23NO. The highest BCUT2D eigenvalue weighted by Gasteiger charge is 2.15. The summed E-state index contributed by atoms with van der Waals surface area (Å²) in [5, 5.41) is 6.39. The van der Waals surface area contributed by atoms with Gasteiger partial charge in [-0.25, -0.2) is 0 Å². The van der Waals surface area contributed by atoms with Crippen LogP contribution in [0.25, 0.3) is 10.8 Å². The zero-order chi connectivity index (χ0) is 13.8. The summed E-state index contributed by atoms with van der Waals surface area (Å²) < 4.78 is 5.41. The van der Waals surface area contributed by atoms with Crippen LogP contribution >= 0.6 is 0 Å². The third-order valence-corrected chi connectivity index (χ3v) is 4.10. The normalized spacial score (nSPS) is 18.2. The van der Waals surface area contributed by atoms with E-state index in [1.807, 2.05) is 0 Å². The number of benzene rings is 2. The van der Waals surface area contributed by atoms with E-state index in [2.05, 4.69) is 54.7 Å². The maximum absolute atomic E-state index is 5.41. The van der Waals surface area contributed by atoms with Crippen molar-refractivity contribution in [2.45, 2.75) is 38.3 Å². The molecule has 1 saturated heterocycles. The quantitative estimate of drug-likeness (QED) is 0.916. The Bertz CT molecular complexity index is 560. The van der Waals surface area contributed by atoms with Crippen LogP contribution in [0.1, 0.15) is 25.3 Å². The van der Waals surface area contributed by atoms with Crippen molar-refractivity contribution in [2.24, 2.45) is 0 Å². The Morgan fingerprint density at radius 2 is 1.85 bits per heavy atom. The third kappa shape index (κ3) is 3.38. The van der Waals surface area contributed by atoms with Gasteiger partial charge in [0, 0.05) is 25.3 Å². The lowest BCUT2D eigenvalue weighted by Crippen LogP contribution is -2.41. The molecule has 1 fully saturated rings. The second kappa shape index (κ2) is 6.38. The van der Waals surface area contributed by atoms with Crippen LogP contribution in [0.15, 0.2) is 42.5 Å². The maximum Gasteiger partial charge on any atom is 0.0480 e. The van der Waals surface area contributed by atoms with Crippen LogP contribution in [0.4, 0.5) is 0 Å². The Hall–Kier alpha value is -1.38. The monoisotopic (exact) mass is 269 g/mol. The van der Waals surface area contributed by atoms with E-state index in [1.54, 1.807) is 0 Å². The van der Waals surface area contributed by atoms with Gasteiger partial charge in [0.1, 0.15) is 0 Å². The Morgan fingerprint density at radius 1 is 1.10 bits per heavy atom. The van der Waals surface area contributed by atoms with Crippen LogP contribution in [-0.4, -0.2) is 25.3 Å². The third-order valence-electron chi connectivity index (χ3n) is 4.10. The SMILES string of the molecule is C[C@@H](Cc1ccc2ccccc2c1)NC1CCOCC1. The molecule has 20 heavy (non-hydrogen) atoms. The number of hydrogen-bond donors (Lipinski definition) is 1. The molecule has 1 N–H and O–H groups in total. The van der Waals surface area contributed by atoms with Crippen molar-refractivity contribution in [3.8, 4) is 0 Å². The Kier molecular flexibility index (Phi) is 4.34. The molecule has 0 aliphatic carbocycles. The number of hydrogen-bond acceptors (Lipinski definition) is 2. The van der Waals surface area contributed by atoms with Gasteiger partial charge >= 0.3 is 0 Å². The van der Waals surface area contributed by atoms with E-state index < -0.39 is 0 Å². The zero-order valence-corrected chi connectivity index (χ0v) is 12.1. The van der Waals surface area contributed by atoms with Crippen LogP contribution in [0.3, 0.4) is 0 Å². The molecule has 0 unspecified atom stereocenters. The summed E-state index contributed by atoms with van der Waals surface area (Å²) in [5.41, 5.74) is 1.41. The van der Waals surface area contributed by atoms with Crippen LogP contribution in [0.5, 0.6) is 0 Å². The molecule has 0 amide bonds. The second-order valence-corrected chi connectivity index (χ2v) is 5.84. The molecule has 0 bridgehead atoms. The van der Waals surface area contributed by atoms with Crippen LogP contribution < -0.4 is 5.32 Å². The Labute approximate surface area is 121 Å². The van der Waals surface area contributed by atoms with Gasteiger partial charge < -0.3 is 10.1 Å². The number of fused-ring (bicyclic) bond motifs is 1. The molecule has 1 atom stereocenters. The van der Waals surface area contributed by atoms with Gasteiger partial charge in [-0.1, -0.05) is 42.5 Å². The Morgan fingerprint density at radius 3 is 2.65 bits per heavy atom. The highest BCUT2D eigenvalue weighted by molar-refractivity contribution is 5.82. The zero-order valence-electron chi connectivity index (χ0n) is 12.1. The highest BCUT2D eigenvalue weighted by Crippen LogP contribution is 2.17. The fourth-order valence-corrected chi connectivity index (χ4v) is 3.04. The van der Waals surface area contributed by atoms with Crippen molar-refractivity contribution < 1.29 is 4.74 Å². The summed E-state index contributed by atoms with van der Waals surface area (Å²) in [6.45, 7) is 4.09. The van der Waals surface area contributed by atoms with Gasteiger partial charge in [-0.2, -0.15) is 0 Å². The molecule has 2 aromatic carbocycles. The Balaban J connectivity index is 1.62. The van der Waals surface area contributed by atoms with Crippen molar-refractivity contribution in [2.75, 3.05) is 13.2 Å². The van der Waals surface area contributed by atoms with E-state index in [-0.39, 0.29) is 0 Å². The average molecular weight is 269 g/mol. The minimum Gasteiger partial charge on any atom is -0.381 e. The van der Waals surface area contributed by atoms with E-state index in [1.165, 1.54) is 16.3 Å². The van der Waals surface area contributed by atoms with E-state index in [0.717, 1.165) is 32.5 Å². The summed E-state index contributed by atoms with van der Waals surface area (Å²) in [5.74, 6) is 0. The van der Waals surface area contributed by atoms with Crippen LogP contribution in [0.2, 0.25) is 0 Å². The van der Waals surface area contributed by atoms with Crippen LogP contribution in [-0.2, 0) is 11.2 Å². The predicted octanol–water partition coefficient (Wildman–Crippen LogP) is 3.54. The standard InChI is InChI=1S/C18H23NO/c1-14(19-18-8-10-20-11-9-18)12-15-6-7-16-4-2-3-5-17(16)13-15/h2-7,13-14,18-19H,8-12H2,1H3/t14-/m0/s1. The molecule has 0 spiro atoms. The highest BCUT2D eigenvalue weighted by atomic mass is 16.5. The molecule has 0 radical (unpaired) electrons. The molecule has 2 nitrogen and oxygen atoms in total. The maximum atomic E-state index is 5.41. The topological polar surface area (TPSA) is 21.3 Å². The van der Waals surface area contributed by atoms with E-state index in [4.69, 9.17) is 4.74 Å².